The zero-order chi connectivity index (χ0) is 6.85. The van der Waals surface area contributed by atoms with Gasteiger partial charge in [-0.15, -0.1) is 11.3 Å². The molecule has 1 heterocycles. The Balaban J connectivity index is 2.94. The van der Waals surface area contributed by atoms with Gasteiger partial charge in [-0.05, 0) is 17.4 Å². The summed E-state index contributed by atoms with van der Waals surface area (Å²) in [4.78, 5) is 1.29. The molecule has 0 aliphatic rings. The average molecular weight is 161 g/mol. The monoisotopic (exact) mass is 160 g/mol. The maximum absolute atomic E-state index is 5.85. The molecule has 1 aromatic rings. The number of thiophene rings is 1. The molecule has 0 unspecified atom stereocenters. The van der Waals surface area contributed by atoms with Gasteiger partial charge in [0.2, 0.25) is 0 Å². The first-order valence-corrected chi connectivity index (χ1v) is 4.20. The predicted octanol–water partition coefficient (Wildman–Crippen LogP) is 3.52. The van der Waals surface area contributed by atoms with Crippen molar-refractivity contribution in [2.45, 2.75) is 19.8 Å². The minimum Gasteiger partial charge on any atom is -0.147 e. The van der Waals surface area contributed by atoms with E-state index in [2.05, 4.69) is 13.8 Å². The van der Waals surface area contributed by atoms with Gasteiger partial charge in [0.25, 0.3) is 0 Å². The highest BCUT2D eigenvalue weighted by Gasteiger charge is 2.04. The zero-order valence-electron chi connectivity index (χ0n) is 5.52. The molecule has 0 spiro atoms. The lowest BCUT2D eigenvalue weighted by atomic mass is 10.2. The molecule has 0 amide bonds. The molecule has 1 aromatic heterocycles. The second kappa shape index (κ2) is 2.72. The molecule has 0 bridgehead atoms. The lowest BCUT2D eigenvalue weighted by Gasteiger charge is -1.98. The van der Waals surface area contributed by atoms with E-state index in [-0.39, 0.29) is 0 Å². The Hall–Kier alpha value is -0.0100. The number of hydrogen-bond acceptors (Lipinski definition) is 1. The van der Waals surface area contributed by atoms with Gasteiger partial charge in [-0.1, -0.05) is 25.4 Å². The summed E-state index contributed by atoms with van der Waals surface area (Å²) in [6.07, 6.45) is 0. The van der Waals surface area contributed by atoms with Crippen LogP contribution < -0.4 is 0 Å². The fraction of sp³-hybridized carbons (Fsp3) is 0.429. The van der Waals surface area contributed by atoms with Gasteiger partial charge in [0.1, 0.15) is 0 Å². The summed E-state index contributed by atoms with van der Waals surface area (Å²) >= 11 is 7.57. The van der Waals surface area contributed by atoms with E-state index in [1.54, 1.807) is 11.3 Å². The largest absolute Gasteiger partial charge is 0.147 e. The van der Waals surface area contributed by atoms with E-state index in [1.165, 1.54) is 4.88 Å². The topological polar surface area (TPSA) is 0 Å². The second-order valence-electron chi connectivity index (χ2n) is 2.29. The smallest absolute Gasteiger partial charge is 0.0547 e. The summed E-state index contributed by atoms with van der Waals surface area (Å²) in [5.74, 6) is 0.567. The van der Waals surface area contributed by atoms with Crippen LogP contribution in [-0.4, -0.2) is 0 Å². The minimum atomic E-state index is 0.567. The van der Waals surface area contributed by atoms with Gasteiger partial charge in [0.15, 0.2) is 0 Å². The van der Waals surface area contributed by atoms with Crippen LogP contribution >= 0.6 is 22.9 Å². The molecule has 0 N–H and O–H groups in total. The van der Waals surface area contributed by atoms with Gasteiger partial charge in [0, 0.05) is 4.88 Å². The van der Waals surface area contributed by atoms with Crippen LogP contribution in [0.3, 0.4) is 0 Å². The summed E-state index contributed by atoms with van der Waals surface area (Å²) in [6.45, 7) is 4.30. The van der Waals surface area contributed by atoms with Crippen LogP contribution in [-0.2, 0) is 0 Å². The highest BCUT2D eigenvalue weighted by molar-refractivity contribution is 7.10. The Labute approximate surface area is 64.5 Å². The summed E-state index contributed by atoms with van der Waals surface area (Å²) in [6, 6.07) is 1.95. The molecule has 0 saturated heterocycles. The second-order valence-corrected chi connectivity index (χ2v) is 3.64. The highest BCUT2D eigenvalue weighted by atomic mass is 35.5. The molecule has 0 aliphatic heterocycles. The summed E-state index contributed by atoms with van der Waals surface area (Å²) in [5.41, 5.74) is 0. The van der Waals surface area contributed by atoms with Gasteiger partial charge < -0.3 is 0 Å². The Bertz CT molecular complexity index is 191. The van der Waals surface area contributed by atoms with E-state index in [9.17, 15) is 0 Å². The Morgan fingerprint density at radius 3 is 2.44 bits per heavy atom. The molecule has 9 heavy (non-hydrogen) atoms. The van der Waals surface area contributed by atoms with Gasteiger partial charge in [-0.2, -0.15) is 0 Å². The van der Waals surface area contributed by atoms with Crippen LogP contribution in [0.4, 0.5) is 0 Å². The van der Waals surface area contributed by atoms with Gasteiger partial charge in [-0.25, -0.2) is 0 Å². The highest BCUT2D eigenvalue weighted by Crippen LogP contribution is 2.28. The Morgan fingerprint density at radius 2 is 2.22 bits per heavy atom. The SMILES string of the molecule is CC(C)c1sccc1Cl. The van der Waals surface area contributed by atoms with E-state index in [0.29, 0.717) is 5.92 Å². The van der Waals surface area contributed by atoms with E-state index in [1.807, 2.05) is 11.4 Å². The maximum Gasteiger partial charge on any atom is 0.0547 e. The van der Waals surface area contributed by atoms with E-state index in [0.717, 1.165) is 5.02 Å². The quantitative estimate of drug-likeness (QED) is 0.590. The van der Waals surface area contributed by atoms with Crippen LogP contribution in [0.1, 0.15) is 24.6 Å². The normalized spacial score (nSPS) is 10.7. The summed E-state index contributed by atoms with van der Waals surface area (Å²) in [7, 11) is 0. The maximum atomic E-state index is 5.85. The van der Waals surface area contributed by atoms with Gasteiger partial charge in [-0.3, -0.25) is 0 Å². The fourth-order valence-electron chi connectivity index (χ4n) is 0.717. The molecular formula is C7H9ClS. The molecule has 0 atom stereocenters. The van der Waals surface area contributed by atoms with Crippen molar-refractivity contribution in [1.29, 1.82) is 0 Å². The minimum absolute atomic E-state index is 0.567. The van der Waals surface area contributed by atoms with Crippen LogP contribution in [0, 0.1) is 0 Å². The number of hydrogen-bond donors (Lipinski definition) is 0. The zero-order valence-corrected chi connectivity index (χ0v) is 7.09. The van der Waals surface area contributed by atoms with Crippen molar-refractivity contribution < 1.29 is 0 Å². The van der Waals surface area contributed by atoms with Crippen molar-refractivity contribution in [3.63, 3.8) is 0 Å². The van der Waals surface area contributed by atoms with Gasteiger partial charge >= 0.3 is 0 Å². The van der Waals surface area contributed by atoms with Gasteiger partial charge in [0.05, 0.1) is 5.02 Å². The van der Waals surface area contributed by atoms with Crippen molar-refractivity contribution in [2.75, 3.05) is 0 Å². The predicted molar refractivity (Wildman–Crippen MR) is 43.4 cm³/mol. The van der Waals surface area contributed by atoms with Crippen LogP contribution in [0.2, 0.25) is 5.02 Å². The average Bonchev–Trinajstić information content (AvgIpc) is 2.13. The number of rotatable bonds is 1. The molecule has 0 nitrogen and oxygen atoms in total. The van der Waals surface area contributed by atoms with Crippen LogP contribution in [0.5, 0.6) is 0 Å². The van der Waals surface area contributed by atoms with Crippen LogP contribution in [0.25, 0.3) is 0 Å². The van der Waals surface area contributed by atoms with E-state index >= 15 is 0 Å². The molecule has 1 rings (SSSR count). The first-order chi connectivity index (χ1) is 4.22. The van der Waals surface area contributed by atoms with Crippen molar-refractivity contribution >= 4 is 22.9 Å². The van der Waals surface area contributed by atoms with Crippen molar-refractivity contribution in [2.24, 2.45) is 0 Å². The first kappa shape index (κ1) is 7.10. The molecule has 0 aliphatic carbocycles. The lowest BCUT2D eigenvalue weighted by Crippen LogP contribution is -1.79. The van der Waals surface area contributed by atoms with Crippen molar-refractivity contribution in [3.05, 3.63) is 21.3 Å². The van der Waals surface area contributed by atoms with E-state index in [4.69, 9.17) is 11.6 Å². The Morgan fingerprint density at radius 1 is 1.56 bits per heavy atom. The molecule has 50 valence electrons. The molecule has 0 aromatic carbocycles. The molecule has 0 saturated carbocycles. The summed E-state index contributed by atoms with van der Waals surface area (Å²) < 4.78 is 0. The molecule has 2 heteroatoms. The van der Waals surface area contributed by atoms with Crippen molar-refractivity contribution in [3.8, 4) is 0 Å². The standard InChI is InChI=1S/C7H9ClS/c1-5(2)7-6(8)3-4-9-7/h3-5H,1-2H3. The first-order valence-electron chi connectivity index (χ1n) is 2.94. The fourth-order valence-corrected chi connectivity index (χ4v) is 2.01. The third-order valence-corrected chi connectivity index (χ3v) is 2.83. The van der Waals surface area contributed by atoms with Crippen LogP contribution in [0.15, 0.2) is 11.4 Å². The van der Waals surface area contributed by atoms with E-state index < -0.39 is 0 Å². The molecule has 0 fully saturated rings. The lowest BCUT2D eigenvalue weighted by molar-refractivity contribution is 0.890. The number of halogens is 1. The molecule has 0 radical (unpaired) electrons. The third kappa shape index (κ3) is 1.46. The van der Waals surface area contributed by atoms with Crippen molar-refractivity contribution in [1.82, 2.24) is 0 Å². The summed E-state index contributed by atoms with van der Waals surface area (Å²) in [5, 5.41) is 2.94. The molecular weight excluding hydrogens is 152 g/mol. The Kier molecular flexibility index (Phi) is 2.14. The third-order valence-electron chi connectivity index (χ3n) is 1.17.